The Labute approximate surface area is 152 Å². The number of ether oxygens (including phenoxy) is 1. The number of anilines is 2. The fraction of sp³-hybridized carbons (Fsp3) is 0.312. The minimum absolute atomic E-state index is 0.0580. The number of amides is 2. The van der Waals surface area contributed by atoms with E-state index in [2.05, 4.69) is 20.6 Å². The van der Waals surface area contributed by atoms with Crippen molar-refractivity contribution >= 4 is 29.0 Å². The smallest absolute Gasteiger partial charge is 0.377 e. The number of alkyl halides is 3. The zero-order chi connectivity index (χ0) is 19.5. The number of methoxy groups -OCH3 is 1. The van der Waals surface area contributed by atoms with Crippen LogP contribution in [0.1, 0.15) is 30.0 Å². The highest BCUT2D eigenvalue weighted by Crippen LogP contribution is 2.33. The zero-order valence-electron chi connectivity index (χ0n) is 14.1. The topological polar surface area (TPSA) is 76.1 Å². The van der Waals surface area contributed by atoms with Gasteiger partial charge in [-0.2, -0.15) is 13.2 Å². The van der Waals surface area contributed by atoms with E-state index in [1.807, 2.05) is 0 Å². The number of hydrogen-bond acceptors (Lipinski definition) is 4. The van der Waals surface area contributed by atoms with E-state index in [9.17, 15) is 18.0 Å². The summed E-state index contributed by atoms with van der Waals surface area (Å²) in [6.45, 7) is 3.44. The molecule has 0 radical (unpaired) electrons. The molecule has 0 saturated carbocycles. The number of carbonyl (C=O) groups excluding carboxylic acids is 1. The molecular weight excluding hydrogens is 373 g/mol. The van der Waals surface area contributed by atoms with Crippen LogP contribution in [0.25, 0.3) is 0 Å². The average molecular weight is 389 g/mol. The van der Waals surface area contributed by atoms with Crippen LogP contribution in [0, 0.1) is 6.92 Å². The Morgan fingerprint density at radius 3 is 2.62 bits per heavy atom. The summed E-state index contributed by atoms with van der Waals surface area (Å²) >= 11 is 6.24. The van der Waals surface area contributed by atoms with E-state index >= 15 is 0 Å². The van der Waals surface area contributed by atoms with Gasteiger partial charge in [-0.3, -0.25) is 9.97 Å². The first-order valence-electron chi connectivity index (χ1n) is 7.42. The first-order valence-corrected chi connectivity index (χ1v) is 7.80. The molecule has 0 aliphatic carbocycles. The van der Waals surface area contributed by atoms with Crippen molar-refractivity contribution < 1.29 is 22.7 Å². The molecule has 0 saturated heterocycles. The Morgan fingerprint density at radius 1 is 1.31 bits per heavy atom. The molecule has 0 spiro atoms. The molecule has 10 heteroatoms. The van der Waals surface area contributed by atoms with Crippen molar-refractivity contribution in [3.8, 4) is 0 Å². The molecule has 2 aromatic rings. The van der Waals surface area contributed by atoms with Gasteiger partial charge in [0.25, 0.3) is 0 Å². The maximum atomic E-state index is 12.7. The predicted molar refractivity (Wildman–Crippen MR) is 91.3 cm³/mol. The third-order valence-electron chi connectivity index (χ3n) is 3.55. The van der Waals surface area contributed by atoms with Gasteiger partial charge in [-0.15, -0.1) is 0 Å². The summed E-state index contributed by atoms with van der Waals surface area (Å²) in [5.41, 5.74) is 0.196. The number of rotatable bonds is 4. The predicted octanol–water partition coefficient (Wildman–Crippen LogP) is 4.81. The van der Waals surface area contributed by atoms with Crippen molar-refractivity contribution in [2.75, 3.05) is 17.7 Å². The SMILES string of the molecule is CO[C@@H](C)c1c(NC(=O)Nc2ccnc(C(F)(F)F)c2)cnc(C)c1Cl. The minimum Gasteiger partial charge on any atom is -0.377 e. The summed E-state index contributed by atoms with van der Waals surface area (Å²) in [5, 5.41) is 5.17. The van der Waals surface area contributed by atoms with Gasteiger partial charge < -0.3 is 15.4 Å². The Hall–Kier alpha value is -2.39. The second-order valence-electron chi connectivity index (χ2n) is 5.37. The number of aryl methyl sites for hydroxylation is 1. The standard InChI is InChI=1S/C16H16ClF3N4O2/c1-8-14(17)13(9(2)26-3)11(7-22-8)24-15(25)23-10-4-5-21-12(6-10)16(18,19)20/h4-7,9H,1-3H3,(H2,21,23,24,25)/t9-/m0/s1. The summed E-state index contributed by atoms with van der Waals surface area (Å²) in [5.74, 6) is 0. The third kappa shape index (κ3) is 4.61. The molecule has 0 aromatic carbocycles. The first kappa shape index (κ1) is 19.9. The summed E-state index contributed by atoms with van der Waals surface area (Å²) < 4.78 is 43.3. The van der Waals surface area contributed by atoms with Crippen LogP contribution in [0.2, 0.25) is 5.02 Å². The Balaban J connectivity index is 2.22. The molecule has 0 unspecified atom stereocenters. The monoisotopic (exact) mass is 388 g/mol. The lowest BCUT2D eigenvalue weighted by atomic mass is 10.1. The lowest BCUT2D eigenvalue weighted by Gasteiger charge is -2.18. The molecule has 2 aromatic heterocycles. The molecule has 26 heavy (non-hydrogen) atoms. The van der Waals surface area contributed by atoms with Crippen LogP contribution in [0.15, 0.2) is 24.5 Å². The zero-order valence-corrected chi connectivity index (χ0v) is 14.9. The molecule has 0 fully saturated rings. The molecule has 2 amide bonds. The van der Waals surface area contributed by atoms with Gasteiger partial charge >= 0.3 is 12.2 Å². The van der Waals surface area contributed by atoms with E-state index < -0.39 is 24.0 Å². The summed E-state index contributed by atoms with van der Waals surface area (Å²) in [4.78, 5) is 19.5. The average Bonchev–Trinajstić information content (AvgIpc) is 2.57. The van der Waals surface area contributed by atoms with E-state index in [0.717, 1.165) is 12.3 Å². The van der Waals surface area contributed by atoms with E-state index in [-0.39, 0.29) is 11.4 Å². The molecule has 0 aliphatic heterocycles. The van der Waals surface area contributed by atoms with E-state index in [1.54, 1.807) is 13.8 Å². The van der Waals surface area contributed by atoms with Crippen molar-refractivity contribution in [1.29, 1.82) is 0 Å². The van der Waals surface area contributed by atoms with Crippen LogP contribution >= 0.6 is 11.6 Å². The van der Waals surface area contributed by atoms with Crippen LogP contribution in [0.5, 0.6) is 0 Å². The number of nitrogens with zero attached hydrogens (tertiary/aromatic N) is 2. The number of urea groups is 1. The van der Waals surface area contributed by atoms with Crippen molar-refractivity contribution in [1.82, 2.24) is 9.97 Å². The molecule has 140 valence electrons. The van der Waals surface area contributed by atoms with Crippen molar-refractivity contribution in [2.24, 2.45) is 0 Å². The van der Waals surface area contributed by atoms with E-state index in [0.29, 0.717) is 16.3 Å². The normalized spacial score (nSPS) is 12.6. The van der Waals surface area contributed by atoms with Crippen LogP contribution in [-0.4, -0.2) is 23.1 Å². The quantitative estimate of drug-likeness (QED) is 0.788. The van der Waals surface area contributed by atoms with E-state index in [4.69, 9.17) is 16.3 Å². The number of pyridine rings is 2. The number of hydrogen-bond donors (Lipinski definition) is 2. The van der Waals surface area contributed by atoms with Crippen molar-refractivity contribution in [3.63, 3.8) is 0 Å². The van der Waals surface area contributed by atoms with Gasteiger partial charge in [-0.1, -0.05) is 11.6 Å². The number of aromatic nitrogens is 2. The first-order chi connectivity index (χ1) is 12.1. The molecule has 6 nitrogen and oxygen atoms in total. The lowest BCUT2D eigenvalue weighted by Crippen LogP contribution is -2.21. The van der Waals surface area contributed by atoms with E-state index in [1.165, 1.54) is 19.4 Å². The Morgan fingerprint density at radius 2 is 2.00 bits per heavy atom. The third-order valence-corrected chi connectivity index (χ3v) is 4.03. The van der Waals surface area contributed by atoms with Crippen LogP contribution in [0.4, 0.5) is 29.3 Å². The van der Waals surface area contributed by atoms with Gasteiger partial charge in [0.05, 0.1) is 28.7 Å². The minimum atomic E-state index is -4.61. The Bertz CT molecular complexity index is 815. The molecule has 2 rings (SSSR count). The van der Waals surface area contributed by atoms with Gasteiger partial charge in [-0.05, 0) is 26.0 Å². The second kappa shape index (κ2) is 7.88. The fourth-order valence-corrected chi connectivity index (χ4v) is 2.47. The van der Waals surface area contributed by atoms with Crippen LogP contribution in [-0.2, 0) is 10.9 Å². The second-order valence-corrected chi connectivity index (χ2v) is 5.75. The number of carbonyl (C=O) groups is 1. The van der Waals surface area contributed by atoms with Crippen molar-refractivity contribution in [2.45, 2.75) is 26.1 Å². The number of nitrogens with one attached hydrogen (secondary N) is 2. The molecule has 2 heterocycles. The molecule has 0 bridgehead atoms. The summed E-state index contributed by atoms with van der Waals surface area (Å²) in [7, 11) is 1.48. The van der Waals surface area contributed by atoms with Crippen LogP contribution < -0.4 is 10.6 Å². The highest BCUT2D eigenvalue weighted by molar-refractivity contribution is 6.32. The highest BCUT2D eigenvalue weighted by Gasteiger charge is 2.32. The van der Waals surface area contributed by atoms with Crippen LogP contribution in [0.3, 0.4) is 0 Å². The van der Waals surface area contributed by atoms with Crippen molar-refractivity contribution in [3.05, 3.63) is 46.5 Å². The lowest BCUT2D eigenvalue weighted by molar-refractivity contribution is -0.141. The van der Waals surface area contributed by atoms with Gasteiger partial charge in [0.1, 0.15) is 5.69 Å². The molecular formula is C16H16ClF3N4O2. The summed E-state index contributed by atoms with van der Waals surface area (Å²) in [6, 6.07) is 1.22. The maximum absolute atomic E-state index is 12.7. The molecule has 0 aliphatic rings. The molecule has 1 atom stereocenters. The van der Waals surface area contributed by atoms with Gasteiger partial charge in [0, 0.05) is 24.6 Å². The van der Waals surface area contributed by atoms with Gasteiger partial charge in [-0.25, -0.2) is 4.79 Å². The van der Waals surface area contributed by atoms with Gasteiger partial charge in [0.2, 0.25) is 0 Å². The number of halogens is 4. The van der Waals surface area contributed by atoms with Gasteiger partial charge in [0.15, 0.2) is 0 Å². The highest BCUT2D eigenvalue weighted by atomic mass is 35.5. The summed E-state index contributed by atoms with van der Waals surface area (Å²) in [6.07, 6.45) is -2.68. The maximum Gasteiger partial charge on any atom is 0.433 e. The largest absolute Gasteiger partial charge is 0.433 e. The fourth-order valence-electron chi connectivity index (χ4n) is 2.16. The molecule has 2 N–H and O–H groups in total. The Kier molecular flexibility index (Phi) is 6.04.